The van der Waals surface area contributed by atoms with Crippen molar-refractivity contribution in [2.24, 2.45) is 5.92 Å². The summed E-state index contributed by atoms with van der Waals surface area (Å²) in [6, 6.07) is 1.88. The molecule has 1 aliphatic carbocycles. The van der Waals surface area contributed by atoms with Gasteiger partial charge in [0.15, 0.2) is 0 Å². The average molecular weight is 299 g/mol. The van der Waals surface area contributed by atoms with Crippen molar-refractivity contribution in [3.05, 3.63) is 22.4 Å². The van der Waals surface area contributed by atoms with Crippen LogP contribution in [0.1, 0.15) is 37.4 Å². The second kappa shape index (κ2) is 6.67. The van der Waals surface area contributed by atoms with Crippen molar-refractivity contribution in [3.8, 4) is 0 Å². The van der Waals surface area contributed by atoms with Crippen LogP contribution in [-0.4, -0.2) is 40.0 Å². The number of thiophene rings is 1. The molecule has 1 heterocycles. The lowest BCUT2D eigenvalue weighted by atomic mass is 9.79. The number of nitrogens with one attached hydrogen (secondary N) is 1. The Kier molecular flexibility index (Phi) is 5.15. The number of aliphatic carboxylic acids is 1. The molecule has 6 heteroatoms. The Labute approximate surface area is 122 Å². The summed E-state index contributed by atoms with van der Waals surface area (Å²) in [4.78, 5) is 10.9. The van der Waals surface area contributed by atoms with E-state index in [0.29, 0.717) is 38.8 Å². The van der Waals surface area contributed by atoms with E-state index in [1.54, 1.807) is 0 Å². The van der Waals surface area contributed by atoms with Crippen LogP contribution in [0.4, 0.5) is 0 Å². The largest absolute Gasteiger partial charge is 0.481 e. The fourth-order valence-corrected chi connectivity index (χ4v) is 3.31. The van der Waals surface area contributed by atoms with Crippen LogP contribution in [0.2, 0.25) is 0 Å². The van der Waals surface area contributed by atoms with E-state index < -0.39 is 17.7 Å². The third-order valence-electron chi connectivity index (χ3n) is 3.99. The minimum atomic E-state index is -0.847. The van der Waals surface area contributed by atoms with Crippen molar-refractivity contribution in [1.82, 2.24) is 5.32 Å². The Morgan fingerprint density at radius 3 is 2.75 bits per heavy atom. The van der Waals surface area contributed by atoms with Crippen molar-refractivity contribution in [2.75, 3.05) is 13.1 Å². The second-order valence-electron chi connectivity index (χ2n) is 5.54. The molecule has 0 aliphatic heterocycles. The second-order valence-corrected chi connectivity index (χ2v) is 6.32. The van der Waals surface area contributed by atoms with Crippen molar-refractivity contribution < 1.29 is 20.1 Å². The Morgan fingerprint density at radius 1 is 1.50 bits per heavy atom. The smallest absolute Gasteiger partial charge is 0.306 e. The lowest BCUT2D eigenvalue weighted by molar-refractivity contribution is -0.144. The molecule has 2 rings (SSSR count). The van der Waals surface area contributed by atoms with Crippen molar-refractivity contribution in [2.45, 2.75) is 37.4 Å². The monoisotopic (exact) mass is 299 g/mol. The summed E-state index contributed by atoms with van der Waals surface area (Å²) >= 11 is 1.54. The number of carboxylic acids is 1. The SMILES string of the molecule is O=C(O)C1CCC(O)(CNCC(O)c2ccsc2)CC1. The molecule has 4 N–H and O–H groups in total. The number of aliphatic hydroxyl groups excluding tert-OH is 1. The zero-order valence-corrected chi connectivity index (χ0v) is 12.1. The molecule has 0 radical (unpaired) electrons. The van der Waals surface area contributed by atoms with Gasteiger partial charge in [0, 0.05) is 13.1 Å². The van der Waals surface area contributed by atoms with E-state index in [1.807, 2.05) is 16.8 Å². The molecule has 0 amide bonds. The van der Waals surface area contributed by atoms with Crippen LogP contribution in [0.15, 0.2) is 16.8 Å². The van der Waals surface area contributed by atoms with Gasteiger partial charge in [-0.05, 0) is 48.1 Å². The number of aliphatic hydroxyl groups is 2. The van der Waals surface area contributed by atoms with Gasteiger partial charge in [0.25, 0.3) is 0 Å². The van der Waals surface area contributed by atoms with E-state index >= 15 is 0 Å². The number of rotatable bonds is 6. The summed E-state index contributed by atoms with van der Waals surface area (Å²) in [5.41, 5.74) is 0.0319. The third kappa shape index (κ3) is 4.02. The van der Waals surface area contributed by atoms with Gasteiger partial charge in [-0.2, -0.15) is 11.3 Å². The minimum Gasteiger partial charge on any atom is -0.481 e. The number of hydrogen-bond donors (Lipinski definition) is 4. The molecule has 112 valence electrons. The van der Waals surface area contributed by atoms with E-state index in [0.717, 1.165) is 5.56 Å². The van der Waals surface area contributed by atoms with E-state index in [1.165, 1.54) is 11.3 Å². The highest BCUT2D eigenvalue weighted by atomic mass is 32.1. The molecule has 0 bridgehead atoms. The zero-order chi connectivity index (χ0) is 14.6. The van der Waals surface area contributed by atoms with Gasteiger partial charge in [0.2, 0.25) is 0 Å². The first-order valence-corrected chi connectivity index (χ1v) is 7.80. The van der Waals surface area contributed by atoms with E-state index in [2.05, 4.69) is 5.32 Å². The van der Waals surface area contributed by atoms with Gasteiger partial charge in [0.05, 0.1) is 17.6 Å². The highest BCUT2D eigenvalue weighted by molar-refractivity contribution is 7.07. The molecule has 1 aliphatic rings. The lowest BCUT2D eigenvalue weighted by Gasteiger charge is -2.35. The van der Waals surface area contributed by atoms with Gasteiger partial charge in [-0.1, -0.05) is 0 Å². The van der Waals surface area contributed by atoms with Gasteiger partial charge in [-0.15, -0.1) is 0 Å². The molecule has 1 unspecified atom stereocenters. The number of carboxylic acid groups (broad SMARTS) is 1. The lowest BCUT2D eigenvalue weighted by Crippen LogP contribution is -2.45. The van der Waals surface area contributed by atoms with Crippen molar-refractivity contribution in [3.63, 3.8) is 0 Å². The minimum absolute atomic E-state index is 0.327. The molecule has 1 atom stereocenters. The van der Waals surface area contributed by atoms with Gasteiger partial charge in [-0.3, -0.25) is 4.79 Å². The third-order valence-corrected chi connectivity index (χ3v) is 4.69. The number of carbonyl (C=O) groups is 1. The zero-order valence-electron chi connectivity index (χ0n) is 11.3. The van der Waals surface area contributed by atoms with Gasteiger partial charge >= 0.3 is 5.97 Å². The summed E-state index contributed by atoms with van der Waals surface area (Å²) in [5.74, 6) is -1.10. The van der Waals surface area contributed by atoms with Crippen LogP contribution in [0, 0.1) is 5.92 Å². The molecule has 1 aromatic heterocycles. The molecule has 0 saturated heterocycles. The standard InChI is InChI=1S/C14H21NO4S/c16-12(11-3-6-20-8-11)7-15-9-14(19)4-1-10(2-5-14)13(17)18/h3,6,8,10,12,15-16,19H,1-2,4-5,7,9H2,(H,17,18). The van der Waals surface area contributed by atoms with Crippen LogP contribution in [-0.2, 0) is 4.79 Å². The molecule has 0 spiro atoms. The summed E-state index contributed by atoms with van der Waals surface area (Å²) in [5, 5.41) is 36.1. The quantitative estimate of drug-likeness (QED) is 0.637. The summed E-state index contributed by atoms with van der Waals surface area (Å²) < 4.78 is 0. The Hall–Kier alpha value is -0.950. The van der Waals surface area contributed by atoms with Crippen LogP contribution in [0.3, 0.4) is 0 Å². The fraction of sp³-hybridized carbons (Fsp3) is 0.643. The Bertz CT molecular complexity index is 426. The van der Waals surface area contributed by atoms with E-state index in [9.17, 15) is 15.0 Å². The Balaban J connectivity index is 1.73. The molecule has 0 aromatic carbocycles. The van der Waals surface area contributed by atoms with Crippen LogP contribution >= 0.6 is 11.3 Å². The molecular weight excluding hydrogens is 278 g/mol. The molecule has 20 heavy (non-hydrogen) atoms. The van der Waals surface area contributed by atoms with Crippen molar-refractivity contribution in [1.29, 1.82) is 0 Å². The maximum Gasteiger partial charge on any atom is 0.306 e. The van der Waals surface area contributed by atoms with Gasteiger partial charge in [-0.25, -0.2) is 0 Å². The van der Waals surface area contributed by atoms with Gasteiger partial charge in [0.1, 0.15) is 0 Å². The predicted molar refractivity (Wildman–Crippen MR) is 76.7 cm³/mol. The topological polar surface area (TPSA) is 89.8 Å². The molecule has 5 nitrogen and oxygen atoms in total. The molecule has 1 saturated carbocycles. The number of hydrogen-bond acceptors (Lipinski definition) is 5. The maximum atomic E-state index is 10.9. The normalized spacial score (nSPS) is 28.2. The molecular formula is C14H21NO4S. The molecule has 1 aromatic rings. The van der Waals surface area contributed by atoms with Crippen LogP contribution < -0.4 is 5.32 Å². The van der Waals surface area contributed by atoms with Crippen molar-refractivity contribution >= 4 is 17.3 Å². The van der Waals surface area contributed by atoms with E-state index in [-0.39, 0.29) is 5.92 Å². The first-order chi connectivity index (χ1) is 9.50. The van der Waals surface area contributed by atoms with Crippen LogP contribution in [0.5, 0.6) is 0 Å². The first kappa shape index (κ1) is 15.4. The van der Waals surface area contributed by atoms with E-state index in [4.69, 9.17) is 5.11 Å². The average Bonchev–Trinajstić information content (AvgIpc) is 2.93. The maximum absolute atomic E-state index is 10.9. The Morgan fingerprint density at radius 2 is 2.20 bits per heavy atom. The molecule has 1 fully saturated rings. The van der Waals surface area contributed by atoms with Crippen LogP contribution in [0.25, 0.3) is 0 Å². The first-order valence-electron chi connectivity index (χ1n) is 6.86. The highest BCUT2D eigenvalue weighted by Gasteiger charge is 2.35. The summed E-state index contributed by atoms with van der Waals surface area (Å²) in [7, 11) is 0. The predicted octanol–water partition coefficient (Wildman–Crippen LogP) is 1.38. The van der Waals surface area contributed by atoms with Gasteiger partial charge < -0.3 is 20.6 Å². The fourth-order valence-electron chi connectivity index (χ4n) is 2.60. The summed E-state index contributed by atoms with van der Waals surface area (Å²) in [6.07, 6.45) is 1.44. The summed E-state index contributed by atoms with van der Waals surface area (Å²) in [6.45, 7) is 0.780. The highest BCUT2D eigenvalue weighted by Crippen LogP contribution is 2.31.